The zero-order chi connectivity index (χ0) is 14.2. The average molecular weight is 325 g/mol. The van der Waals surface area contributed by atoms with Crippen LogP contribution in [-0.2, 0) is 0 Å². The van der Waals surface area contributed by atoms with Crippen LogP contribution in [0.25, 0.3) is 0 Å². The van der Waals surface area contributed by atoms with Crippen molar-refractivity contribution in [3.8, 4) is 0 Å². The van der Waals surface area contributed by atoms with Crippen LogP contribution in [-0.4, -0.2) is 23.9 Å². The molecule has 0 bridgehead atoms. The van der Waals surface area contributed by atoms with Gasteiger partial charge in [0.1, 0.15) is 0 Å². The van der Waals surface area contributed by atoms with Crippen LogP contribution in [0.2, 0.25) is 0 Å². The van der Waals surface area contributed by atoms with E-state index in [2.05, 4.69) is 36.7 Å². The predicted molar refractivity (Wildman–Crippen MR) is 82.0 cm³/mol. The van der Waals surface area contributed by atoms with Gasteiger partial charge in [-0.25, -0.2) is 0 Å². The maximum atomic E-state index is 12.4. The number of carbonyl (C=O) groups is 1. The van der Waals surface area contributed by atoms with Gasteiger partial charge in [-0.3, -0.25) is 4.79 Å². The molecule has 104 valence electrons. The van der Waals surface area contributed by atoms with E-state index < -0.39 is 0 Å². The minimum atomic E-state index is 0.0888. The van der Waals surface area contributed by atoms with Crippen molar-refractivity contribution in [1.29, 1.82) is 0 Å². The van der Waals surface area contributed by atoms with E-state index in [9.17, 15) is 4.79 Å². The van der Waals surface area contributed by atoms with Gasteiger partial charge in [0.2, 0.25) is 0 Å². The Morgan fingerprint density at radius 2 is 2.11 bits per heavy atom. The summed E-state index contributed by atoms with van der Waals surface area (Å²) in [6.45, 7) is 8.41. The molecule has 1 aliphatic rings. The van der Waals surface area contributed by atoms with Gasteiger partial charge >= 0.3 is 0 Å². The number of carbonyl (C=O) groups excluding carboxylic acids is 1. The molecule has 0 saturated carbocycles. The highest BCUT2D eigenvalue weighted by Gasteiger charge is 2.34. The topological polar surface area (TPSA) is 46.3 Å². The summed E-state index contributed by atoms with van der Waals surface area (Å²) in [5.41, 5.74) is 7.38. The lowest BCUT2D eigenvalue weighted by atomic mass is 9.80. The highest BCUT2D eigenvalue weighted by atomic mass is 79.9. The number of anilines is 1. The van der Waals surface area contributed by atoms with E-state index in [1.807, 2.05) is 17.0 Å². The normalized spacial score (nSPS) is 19.8. The first-order valence-corrected chi connectivity index (χ1v) is 7.42. The minimum Gasteiger partial charge on any atom is -0.398 e. The lowest BCUT2D eigenvalue weighted by Crippen LogP contribution is -2.31. The Morgan fingerprint density at radius 3 is 2.63 bits per heavy atom. The van der Waals surface area contributed by atoms with E-state index in [-0.39, 0.29) is 11.3 Å². The molecule has 1 aromatic rings. The number of amides is 1. The van der Waals surface area contributed by atoms with E-state index >= 15 is 0 Å². The van der Waals surface area contributed by atoms with Gasteiger partial charge in [-0.1, -0.05) is 20.8 Å². The summed E-state index contributed by atoms with van der Waals surface area (Å²) in [5.74, 6) is 0.662. The van der Waals surface area contributed by atoms with Gasteiger partial charge in [-0.15, -0.1) is 0 Å². The molecule has 0 spiro atoms. The Balaban J connectivity index is 2.11. The first kappa shape index (κ1) is 14.4. The number of hydrogen-bond donors (Lipinski definition) is 1. The van der Waals surface area contributed by atoms with Crippen LogP contribution < -0.4 is 5.73 Å². The summed E-state index contributed by atoms with van der Waals surface area (Å²) < 4.78 is 0.832. The van der Waals surface area contributed by atoms with Crippen molar-refractivity contribution in [2.24, 2.45) is 11.3 Å². The van der Waals surface area contributed by atoms with Crippen LogP contribution in [0.4, 0.5) is 5.69 Å². The van der Waals surface area contributed by atoms with Crippen molar-refractivity contribution < 1.29 is 4.79 Å². The molecule has 0 aromatic heterocycles. The van der Waals surface area contributed by atoms with Gasteiger partial charge in [-0.2, -0.15) is 0 Å². The standard InChI is InChI=1S/C15H21BrN2O/c1-15(2,3)11-6-7-18(9-11)14(19)10-4-5-12(16)13(17)8-10/h4-5,8,11H,6-7,9,17H2,1-3H3. The minimum absolute atomic E-state index is 0.0888. The van der Waals surface area contributed by atoms with Crippen LogP contribution in [0.5, 0.6) is 0 Å². The number of nitrogen functional groups attached to an aromatic ring is 1. The Morgan fingerprint density at radius 1 is 1.42 bits per heavy atom. The molecule has 1 aliphatic heterocycles. The summed E-state index contributed by atoms with van der Waals surface area (Å²) >= 11 is 3.35. The van der Waals surface area contributed by atoms with E-state index in [4.69, 9.17) is 5.73 Å². The van der Waals surface area contributed by atoms with Gasteiger partial charge in [0.05, 0.1) is 0 Å². The van der Waals surface area contributed by atoms with Gasteiger partial charge in [0, 0.05) is 28.8 Å². The molecule has 2 rings (SSSR count). The second-order valence-electron chi connectivity index (χ2n) is 6.34. The summed E-state index contributed by atoms with van der Waals surface area (Å²) in [6, 6.07) is 5.41. The Hall–Kier alpha value is -1.03. The molecular weight excluding hydrogens is 304 g/mol. The Labute approximate surface area is 123 Å². The van der Waals surface area contributed by atoms with Gasteiger partial charge < -0.3 is 10.6 Å². The lowest BCUT2D eigenvalue weighted by molar-refractivity contribution is 0.0776. The zero-order valence-electron chi connectivity index (χ0n) is 11.7. The largest absolute Gasteiger partial charge is 0.398 e. The van der Waals surface area contributed by atoms with E-state index in [0.29, 0.717) is 17.2 Å². The monoisotopic (exact) mass is 324 g/mol. The fourth-order valence-corrected chi connectivity index (χ4v) is 2.76. The third-order valence-electron chi connectivity index (χ3n) is 3.94. The summed E-state index contributed by atoms with van der Waals surface area (Å²) in [4.78, 5) is 14.4. The Kier molecular flexibility index (Phi) is 3.90. The molecule has 1 unspecified atom stereocenters. The molecule has 1 fully saturated rings. The fraction of sp³-hybridized carbons (Fsp3) is 0.533. The molecule has 1 saturated heterocycles. The van der Waals surface area contributed by atoms with Crippen molar-refractivity contribution >= 4 is 27.5 Å². The number of nitrogens with zero attached hydrogens (tertiary/aromatic N) is 1. The molecule has 1 aromatic carbocycles. The molecular formula is C15H21BrN2O. The van der Waals surface area contributed by atoms with Crippen LogP contribution >= 0.6 is 15.9 Å². The molecule has 1 heterocycles. The average Bonchev–Trinajstić information content (AvgIpc) is 2.81. The summed E-state index contributed by atoms with van der Waals surface area (Å²) in [6.07, 6.45) is 1.08. The third-order valence-corrected chi connectivity index (χ3v) is 4.67. The molecule has 19 heavy (non-hydrogen) atoms. The van der Waals surface area contributed by atoms with Gasteiger partial charge in [-0.05, 0) is 51.9 Å². The van der Waals surface area contributed by atoms with Crippen molar-refractivity contribution in [1.82, 2.24) is 4.90 Å². The molecule has 3 nitrogen and oxygen atoms in total. The first-order valence-electron chi connectivity index (χ1n) is 6.63. The van der Waals surface area contributed by atoms with Gasteiger partial charge in [0.25, 0.3) is 5.91 Å². The fourth-order valence-electron chi connectivity index (χ4n) is 2.51. The Bertz CT molecular complexity index is 493. The van der Waals surface area contributed by atoms with Crippen molar-refractivity contribution in [3.63, 3.8) is 0 Å². The molecule has 0 radical (unpaired) electrons. The number of hydrogen-bond acceptors (Lipinski definition) is 2. The van der Waals surface area contributed by atoms with Crippen LogP contribution in [0, 0.1) is 11.3 Å². The van der Waals surface area contributed by atoms with Crippen molar-refractivity contribution in [3.05, 3.63) is 28.2 Å². The number of benzene rings is 1. The number of nitrogens with two attached hydrogens (primary N) is 1. The lowest BCUT2D eigenvalue weighted by Gasteiger charge is -2.27. The van der Waals surface area contributed by atoms with E-state index in [1.165, 1.54) is 0 Å². The van der Waals surface area contributed by atoms with Crippen LogP contribution in [0.15, 0.2) is 22.7 Å². The number of rotatable bonds is 1. The zero-order valence-corrected chi connectivity index (χ0v) is 13.3. The predicted octanol–water partition coefficient (Wildman–Crippen LogP) is 3.54. The summed E-state index contributed by atoms with van der Waals surface area (Å²) in [7, 11) is 0. The third kappa shape index (κ3) is 3.11. The first-order chi connectivity index (χ1) is 8.79. The maximum Gasteiger partial charge on any atom is 0.253 e. The quantitative estimate of drug-likeness (QED) is 0.803. The smallest absolute Gasteiger partial charge is 0.253 e. The number of likely N-dealkylation sites (tertiary alicyclic amines) is 1. The SMILES string of the molecule is CC(C)(C)C1CCN(C(=O)c2ccc(Br)c(N)c2)C1. The van der Waals surface area contributed by atoms with Crippen molar-refractivity contribution in [2.45, 2.75) is 27.2 Å². The molecule has 1 amide bonds. The molecule has 4 heteroatoms. The van der Waals surface area contributed by atoms with Crippen molar-refractivity contribution in [2.75, 3.05) is 18.8 Å². The highest BCUT2D eigenvalue weighted by molar-refractivity contribution is 9.10. The number of halogens is 1. The van der Waals surface area contributed by atoms with E-state index in [0.717, 1.165) is 24.0 Å². The molecule has 2 N–H and O–H groups in total. The summed E-state index contributed by atoms with van der Waals surface area (Å²) in [5, 5.41) is 0. The van der Waals surface area contributed by atoms with E-state index in [1.54, 1.807) is 6.07 Å². The van der Waals surface area contributed by atoms with Gasteiger partial charge in [0.15, 0.2) is 0 Å². The highest BCUT2D eigenvalue weighted by Crippen LogP contribution is 2.34. The van der Waals surface area contributed by atoms with Crippen LogP contribution in [0.1, 0.15) is 37.6 Å². The maximum absolute atomic E-state index is 12.4. The second-order valence-corrected chi connectivity index (χ2v) is 7.19. The second kappa shape index (κ2) is 5.16. The molecule has 0 aliphatic carbocycles. The van der Waals surface area contributed by atoms with Crippen LogP contribution in [0.3, 0.4) is 0 Å². The molecule has 1 atom stereocenters.